The summed E-state index contributed by atoms with van der Waals surface area (Å²) in [6, 6.07) is 6.28. The Morgan fingerprint density at radius 2 is 1.85 bits per heavy atom. The first-order valence-electron chi connectivity index (χ1n) is 7.56. The molecule has 4 nitrogen and oxygen atoms in total. The molecule has 20 heavy (non-hydrogen) atoms. The van der Waals surface area contributed by atoms with E-state index in [9.17, 15) is 0 Å². The van der Waals surface area contributed by atoms with E-state index >= 15 is 0 Å². The van der Waals surface area contributed by atoms with Crippen LogP contribution in [0.15, 0.2) is 18.2 Å². The zero-order valence-corrected chi connectivity index (χ0v) is 12.7. The van der Waals surface area contributed by atoms with Crippen molar-refractivity contribution < 1.29 is 9.47 Å². The van der Waals surface area contributed by atoms with Crippen molar-refractivity contribution in [3.05, 3.63) is 23.8 Å². The summed E-state index contributed by atoms with van der Waals surface area (Å²) in [5, 5.41) is 0. The second-order valence-electron chi connectivity index (χ2n) is 5.41. The lowest BCUT2D eigenvalue weighted by Gasteiger charge is -2.24. The van der Waals surface area contributed by atoms with Crippen molar-refractivity contribution in [2.24, 2.45) is 17.7 Å². The summed E-state index contributed by atoms with van der Waals surface area (Å²) in [6.07, 6.45) is 2.63. The van der Waals surface area contributed by atoms with E-state index < -0.39 is 0 Å². The molecule has 2 rings (SSSR count). The van der Waals surface area contributed by atoms with Crippen LogP contribution in [0.3, 0.4) is 0 Å². The number of hydrogen-bond acceptors (Lipinski definition) is 4. The van der Waals surface area contributed by atoms with Crippen molar-refractivity contribution in [3.8, 4) is 11.5 Å². The van der Waals surface area contributed by atoms with Gasteiger partial charge in [0.25, 0.3) is 0 Å². The Labute approximate surface area is 121 Å². The number of ether oxygens (including phenoxy) is 2. The first-order valence-corrected chi connectivity index (χ1v) is 7.56. The lowest BCUT2D eigenvalue weighted by molar-refractivity contribution is 0.285. The first-order chi connectivity index (χ1) is 9.71. The van der Waals surface area contributed by atoms with Gasteiger partial charge in [-0.05, 0) is 56.2 Å². The van der Waals surface area contributed by atoms with E-state index in [2.05, 4.69) is 24.5 Å². The number of hydrogen-bond donors (Lipinski definition) is 2. The van der Waals surface area contributed by atoms with E-state index in [1.165, 1.54) is 18.4 Å². The minimum absolute atomic E-state index is 0.164. The average molecular weight is 278 g/mol. The molecule has 1 aromatic rings. The lowest BCUT2D eigenvalue weighted by atomic mass is 9.91. The molecule has 0 spiro atoms. The Kier molecular flexibility index (Phi) is 5.26. The lowest BCUT2D eigenvalue weighted by Crippen LogP contribution is -2.33. The third-order valence-corrected chi connectivity index (χ3v) is 4.00. The summed E-state index contributed by atoms with van der Waals surface area (Å²) in [7, 11) is 0. The molecule has 0 aliphatic heterocycles. The van der Waals surface area contributed by atoms with Crippen LogP contribution in [0.5, 0.6) is 11.5 Å². The van der Waals surface area contributed by atoms with Crippen LogP contribution in [0.2, 0.25) is 0 Å². The van der Waals surface area contributed by atoms with Gasteiger partial charge in [-0.15, -0.1) is 0 Å². The van der Waals surface area contributed by atoms with E-state index in [-0.39, 0.29) is 6.04 Å². The molecule has 0 aromatic heterocycles. The molecule has 0 radical (unpaired) electrons. The second kappa shape index (κ2) is 6.95. The molecule has 1 aliphatic rings. The van der Waals surface area contributed by atoms with Crippen LogP contribution in [0, 0.1) is 11.8 Å². The maximum atomic E-state index is 5.77. The number of rotatable bonds is 8. The number of hydrazine groups is 1. The van der Waals surface area contributed by atoms with Crippen LogP contribution in [-0.2, 0) is 0 Å². The van der Waals surface area contributed by atoms with E-state index in [4.69, 9.17) is 15.3 Å². The van der Waals surface area contributed by atoms with E-state index in [0.717, 1.165) is 17.4 Å². The summed E-state index contributed by atoms with van der Waals surface area (Å²) >= 11 is 0. The summed E-state index contributed by atoms with van der Waals surface area (Å²) in [6.45, 7) is 7.48. The molecule has 0 saturated heterocycles. The van der Waals surface area contributed by atoms with Gasteiger partial charge in [-0.25, -0.2) is 0 Å². The van der Waals surface area contributed by atoms with Crippen molar-refractivity contribution in [1.29, 1.82) is 0 Å². The van der Waals surface area contributed by atoms with Gasteiger partial charge in [0.15, 0.2) is 11.5 Å². The smallest absolute Gasteiger partial charge is 0.161 e. The van der Waals surface area contributed by atoms with Crippen LogP contribution in [0.25, 0.3) is 0 Å². The molecule has 1 fully saturated rings. The zero-order valence-electron chi connectivity index (χ0n) is 12.7. The summed E-state index contributed by atoms with van der Waals surface area (Å²) in [4.78, 5) is 0. The fourth-order valence-corrected chi connectivity index (χ4v) is 2.71. The SMILES string of the molecule is CCOc1ccc(C(NN)C(C)C2CC2)cc1OCC. The maximum Gasteiger partial charge on any atom is 0.161 e. The van der Waals surface area contributed by atoms with Gasteiger partial charge in [-0.3, -0.25) is 11.3 Å². The number of nitrogens with one attached hydrogen (secondary N) is 1. The fraction of sp³-hybridized carbons (Fsp3) is 0.625. The van der Waals surface area contributed by atoms with Crippen LogP contribution < -0.4 is 20.7 Å². The van der Waals surface area contributed by atoms with Gasteiger partial charge in [0.2, 0.25) is 0 Å². The molecule has 1 aromatic carbocycles. The van der Waals surface area contributed by atoms with Crippen molar-refractivity contribution >= 4 is 0 Å². The molecular formula is C16H26N2O2. The van der Waals surface area contributed by atoms with E-state index in [1.54, 1.807) is 0 Å². The Morgan fingerprint density at radius 1 is 1.20 bits per heavy atom. The Hall–Kier alpha value is -1.26. The van der Waals surface area contributed by atoms with Crippen LogP contribution >= 0.6 is 0 Å². The van der Waals surface area contributed by atoms with Gasteiger partial charge in [0, 0.05) is 6.04 Å². The number of benzene rings is 1. The fourth-order valence-electron chi connectivity index (χ4n) is 2.71. The first kappa shape index (κ1) is 15.1. The molecule has 3 N–H and O–H groups in total. The summed E-state index contributed by atoms with van der Waals surface area (Å²) in [5.74, 6) is 8.69. The van der Waals surface area contributed by atoms with Gasteiger partial charge in [0.05, 0.1) is 13.2 Å². The molecular weight excluding hydrogens is 252 g/mol. The van der Waals surface area contributed by atoms with E-state index in [0.29, 0.717) is 19.1 Å². The molecule has 4 heteroatoms. The van der Waals surface area contributed by atoms with Crippen molar-refractivity contribution in [2.45, 2.75) is 39.7 Å². The minimum Gasteiger partial charge on any atom is -0.490 e. The van der Waals surface area contributed by atoms with Gasteiger partial charge >= 0.3 is 0 Å². The topological polar surface area (TPSA) is 56.5 Å². The second-order valence-corrected chi connectivity index (χ2v) is 5.41. The maximum absolute atomic E-state index is 5.77. The highest BCUT2D eigenvalue weighted by Gasteiger charge is 2.33. The minimum atomic E-state index is 0.164. The van der Waals surface area contributed by atoms with Gasteiger partial charge in [-0.1, -0.05) is 13.0 Å². The Morgan fingerprint density at radius 3 is 2.40 bits per heavy atom. The Balaban J connectivity index is 2.23. The highest BCUT2D eigenvalue weighted by molar-refractivity contribution is 5.44. The van der Waals surface area contributed by atoms with Gasteiger partial charge < -0.3 is 9.47 Å². The van der Waals surface area contributed by atoms with Crippen LogP contribution in [-0.4, -0.2) is 13.2 Å². The molecule has 0 heterocycles. The molecule has 2 unspecified atom stereocenters. The third kappa shape index (κ3) is 3.44. The molecule has 1 aliphatic carbocycles. The zero-order chi connectivity index (χ0) is 14.5. The van der Waals surface area contributed by atoms with Gasteiger partial charge in [0.1, 0.15) is 0 Å². The molecule has 0 bridgehead atoms. The molecule has 0 amide bonds. The van der Waals surface area contributed by atoms with Crippen molar-refractivity contribution in [3.63, 3.8) is 0 Å². The van der Waals surface area contributed by atoms with Crippen molar-refractivity contribution in [2.75, 3.05) is 13.2 Å². The largest absolute Gasteiger partial charge is 0.490 e. The standard InChI is InChI=1S/C16H26N2O2/c1-4-19-14-9-8-13(10-15(14)20-5-2)16(18-17)11(3)12-6-7-12/h8-12,16,18H,4-7,17H2,1-3H3. The number of nitrogens with two attached hydrogens (primary N) is 1. The predicted molar refractivity (Wildman–Crippen MR) is 80.7 cm³/mol. The third-order valence-electron chi connectivity index (χ3n) is 4.00. The normalized spacial score (nSPS) is 17.6. The predicted octanol–water partition coefficient (Wildman–Crippen LogP) is 3.03. The Bertz CT molecular complexity index is 432. The summed E-state index contributed by atoms with van der Waals surface area (Å²) < 4.78 is 11.3. The molecule has 2 atom stereocenters. The average Bonchev–Trinajstić information content (AvgIpc) is 3.27. The quantitative estimate of drug-likeness (QED) is 0.567. The van der Waals surface area contributed by atoms with Crippen molar-refractivity contribution in [1.82, 2.24) is 5.43 Å². The highest BCUT2D eigenvalue weighted by Crippen LogP contribution is 2.43. The molecule has 1 saturated carbocycles. The van der Waals surface area contributed by atoms with E-state index in [1.807, 2.05) is 19.9 Å². The highest BCUT2D eigenvalue weighted by atomic mass is 16.5. The van der Waals surface area contributed by atoms with Gasteiger partial charge in [-0.2, -0.15) is 0 Å². The van der Waals surface area contributed by atoms with Crippen LogP contribution in [0.1, 0.15) is 45.2 Å². The monoisotopic (exact) mass is 278 g/mol. The van der Waals surface area contributed by atoms with Crippen LogP contribution in [0.4, 0.5) is 0 Å². The summed E-state index contributed by atoms with van der Waals surface area (Å²) in [5.41, 5.74) is 4.13. The molecule has 112 valence electrons.